The predicted molar refractivity (Wildman–Crippen MR) is 137 cm³/mol. The Labute approximate surface area is 216 Å². The monoisotopic (exact) mass is 594 g/mol. The minimum atomic E-state index is -1.66. The second-order valence-electron chi connectivity index (χ2n) is 9.27. The van der Waals surface area contributed by atoms with E-state index in [4.69, 9.17) is 11.6 Å². The van der Waals surface area contributed by atoms with E-state index in [0.717, 1.165) is 20.8 Å². The Morgan fingerprint density at radius 3 is 2.24 bits per heavy atom. The lowest BCUT2D eigenvalue weighted by molar-refractivity contribution is 0.00803. The Balaban J connectivity index is 1.68. The van der Waals surface area contributed by atoms with Crippen LogP contribution in [0.25, 0.3) is 0 Å². The number of hydrogen-bond donors (Lipinski definition) is 0. The Kier molecular flexibility index (Phi) is 7.28. The zero-order chi connectivity index (χ0) is 24.6. The molecule has 1 aliphatic heterocycles. The normalized spacial score (nSPS) is 16.5. The van der Waals surface area contributed by atoms with Crippen molar-refractivity contribution in [2.45, 2.75) is 31.5 Å². The SMILES string of the molecule is CC(C)(F)[C@H](c1cc(F)cc(F)c1)C1CN(C(c2cccc(C#N)c2)c2ccc(Cl)c(I)c2)C1. The summed E-state index contributed by atoms with van der Waals surface area (Å²) in [6.07, 6.45) is 0. The fraction of sp³-hybridized carbons (Fsp3) is 0.296. The third-order valence-corrected chi connectivity index (χ3v) is 7.89. The van der Waals surface area contributed by atoms with Gasteiger partial charge in [-0.2, -0.15) is 5.26 Å². The van der Waals surface area contributed by atoms with Crippen molar-refractivity contribution >= 4 is 34.2 Å². The van der Waals surface area contributed by atoms with Crippen LogP contribution in [0.2, 0.25) is 5.02 Å². The van der Waals surface area contributed by atoms with Crippen LogP contribution in [-0.4, -0.2) is 23.7 Å². The molecule has 0 N–H and O–H groups in total. The lowest BCUT2D eigenvalue weighted by Gasteiger charge is -2.50. The predicted octanol–water partition coefficient (Wildman–Crippen LogP) is 7.65. The number of benzene rings is 3. The highest BCUT2D eigenvalue weighted by Gasteiger charge is 2.45. The van der Waals surface area contributed by atoms with E-state index in [9.17, 15) is 14.0 Å². The standard InChI is InChI=1S/C27H23ClF3IN2/c1-27(2,31)25(19-9-21(29)12-22(30)10-19)20-14-34(15-20)26(17-5-3-4-16(8-17)13-33)18-6-7-23(28)24(32)11-18/h3-12,20,25-26H,14-15H2,1-2H3/t25-,26?/m1/s1. The Hall–Kier alpha value is -2.08. The van der Waals surface area contributed by atoms with E-state index >= 15 is 4.39 Å². The topological polar surface area (TPSA) is 27.0 Å². The van der Waals surface area contributed by atoms with Gasteiger partial charge in [-0.25, -0.2) is 13.2 Å². The van der Waals surface area contributed by atoms with Gasteiger partial charge in [0.25, 0.3) is 0 Å². The lowest BCUT2D eigenvalue weighted by atomic mass is 9.72. The molecule has 1 aliphatic rings. The van der Waals surface area contributed by atoms with Crippen LogP contribution in [0.4, 0.5) is 13.2 Å². The molecule has 176 valence electrons. The van der Waals surface area contributed by atoms with Crippen LogP contribution in [0.5, 0.6) is 0 Å². The van der Waals surface area contributed by atoms with Gasteiger partial charge in [0.1, 0.15) is 17.3 Å². The summed E-state index contributed by atoms with van der Waals surface area (Å²) >= 11 is 8.43. The molecule has 1 heterocycles. The van der Waals surface area contributed by atoms with Gasteiger partial charge in [-0.15, -0.1) is 0 Å². The van der Waals surface area contributed by atoms with Crippen molar-refractivity contribution in [1.82, 2.24) is 4.90 Å². The van der Waals surface area contributed by atoms with Crippen molar-refractivity contribution in [3.63, 3.8) is 0 Å². The molecule has 3 aromatic rings. The zero-order valence-corrected chi connectivity index (χ0v) is 21.6. The molecule has 1 saturated heterocycles. The van der Waals surface area contributed by atoms with Gasteiger partial charge in [-0.3, -0.25) is 4.90 Å². The number of halogens is 5. The van der Waals surface area contributed by atoms with Gasteiger partial charge in [0.15, 0.2) is 0 Å². The van der Waals surface area contributed by atoms with Gasteiger partial charge >= 0.3 is 0 Å². The van der Waals surface area contributed by atoms with Crippen molar-refractivity contribution in [2.24, 2.45) is 5.92 Å². The average Bonchev–Trinajstić information content (AvgIpc) is 2.73. The van der Waals surface area contributed by atoms with Crippen LogP contribution in [0.15, 0.2) is 60.7 Å². The van der Waals surface area contributed by atoms with Crippen molar-refractivity contribution in [2.75, 3.05) is 13.1 Å². The first kappa shape index (κ1) is 25.0. The highest BCUT2D eigenvalue weighted by Crippen LogP contribution is 2.46. The molecule has 0 aromatic heterocycles. The lowest BCUT2D eigenvalue weighted by Crippen LogP contribution is -2.53. The van der Waals surface area contributed by atoms with Crippen molar-refractivity contribution in [3.8, 4) is 6.07 Å². The van der Waals surface area contributed by atoms with Crippen LogP contribution < -0.4 is 0 Å². The smallest absolute Gasteiger partial charge is 0.126 e. The van der Waals surface area contributed by atoms with Crippen LogP contribution in [0, 0.1) is 32.5 Å². The Morgan fingerprint density at radius 2 is 1.65 bits per heavy atom. The Bertz CT molecular complexity index is 1230. The summed E-state index contributed by atoms with van der Waals surface area (Å²) in [6, 6.07) is 18.5. The van der Waals surface area contributed by atoms with E-state index in [1.165, 1.54) is 26.0 Å². The third kappa shape index (κ3) is 5.27. The Morgan fingerprint density at radius 1 is 1.00 bits per heavy atom. The van der Waals surface area contributed by atoms with Crippen molar-refractivity contribution in [3.05, 3.63) is 103 Å². The molecule has 1 unspecified atom stereocenters. The molecule has 0 aliphatic carbocycles. The summed E-state index contributed by atoms with van der Waals surface area (Å²) in [7, 11) is 0. The molecule has 1 fully saturated rings. The maximum Gasteiger partial charge on any atom is 0.126 e. The van der Waals surface area contributed by atoms with Gasteiger partial charge in [0.05, 0.1) is 22.7 Å². The fourth-order valence-corrected chi connectivity index (χ4v) is 5.69. The molecule has 2 atom stereocenters. The molecule has 0 radical (unpaired) electrons. The average molecular weight is 595 g/mol. The van der Waals surface area contributed by atoms with E-state index in [1.54, 1.807) is 6.07 Å². The summed E-state index contributed by atoms with van der Waals surface area (Å²) in [5, 5.41) is 10.1. The maximum absolute atomic E-state index is 15.3. The van der Waals surface area contributed by atoms with Crippen molar-refractivity contribution < 1.29 is 13.2 Å². The first-order chi connectivity index (χ1) is 16.1. The highest BCUT2D eigenvalue weighted by atomic mass is 127. The first-order valence-electron chi connectivity index (χ1n) is 10.9. The molecule has 34 heavy (non-hydrogen) atoms. The van der Waals surface area contributed by atoms with Crippen LogP contribution in [0.1, 0.15) is 48.1 Å². The van der Waals surface area contributed by atoms with E-state index < -0.39 is 23.2 Å². The van der Waals surface area contributed by atoms with Gasteiger partial charge in [0, 0.05) is 28.6 Å². The number of hydrogen-bond acceptors (Lipinski definition) is 2. The number of rotatable bonds is 6. The number of nitriles is 1. The quantitative estimate of drug-likeness (QED) is 0.274. The minimum absolute atomic E-state index is 0.130. The first-order valence-corrected chi connectivity index (χ1v) is 12.4. The summed E-state index contributed by atoms with van der Waals surface area (Å²) < 4.78 is 44.1. The maximum atomic E-state index is 15.3. The molecule has 0 bridgehead atoms. The minimum Gasteiger partial charge on any atom is -0.292 e. The van der Waals surface area contributed by atoms with E-state index in [2.05, 4.69) is 33.6 Å². The van der Waals surface area contributed by atoms with E-state index in [-0.39, 0.29) is 12.0 Å². The molecule has 0 saturated carbocycles. The van der Waals surface area contributed by atoms with Gasteiger partial charge in [-0.1, -0.05) is 29.8 Å². The summed E-state index contributed by atoms with van der Waals surface area (Å²) in [4.78, 5) is 2.20. The fourth-order valence-electron chi connectivity index (χ4n) is 5.03. The van der Waals surface area contributed by atoms with Crippen LogP contribution in [-0.2, 0) is 0 Å². The van der Waals surface area contributed by atoms with Gasteiger partial charge < -0.3 is 0 Å². The molecule has 0 amide bonds. The number of alkyl halides is 1. The van der Waals surface area contributed by atoms with Crippen LogP contribution >= 0.6 is 34.2 Å². The number of likely N-dealkylation sites (tertiary alicyclic amines) is 1. The number of nitrogens with zero attached hydrogens (tertiary/aromatic N) is 2. The second kappa shape index (κ2) is 9.88. The molecule has 3 aromatic carbocycles. The van der Waals surface area contributed by atoms with Gasteiger partial charge in [0.2, 0.25) is 0 Å². The van der Waals surface area contributed by atoms with E-state index in [1.807, 2.05) is 36.4 Å². The molecule has 2 nitrogen and oxygen atoms in total. The largest absolute Gasteiger partial charge is 0.292 e. The second-order valence-corrected chi connectivity index (χ2v) is 10.8. The highest BCUT2D eigenvalue weighted by molar-refractivity contribution is 14.1. The molecule has 4 rings (SSSR count). The molecular weight excluding hydrogens is 572 g/mol. The van der Waals surface area contributed by atoms with Crippen LogP contribution in [0.3, 0.4) is 0 Å². The third-order valence-electron chi connectivity index (χ3n) is 6.35. The molecular formula is C27H23ClF3IN2. The van der Waals surface area contributed by atoms with Crippen molar-refractivity contribution in [1.29, 1.82) is 5.26 Å². The summed E-state index contributed by atoms with van der Waals surface area (Å²) in [5.74, 6) is -2.20. The van der Waals surface area contributed by atoms with E-state index in [0.29, 0.717) is 29.2 Å². The molecule has 0 spiro atoms. The zero-order valence-electron chi connectivity index (χ0n) is 18.7. The molecule has 7 heteroatoms. The summed E-state index contributed by atoms with van der Waals surface area (Å²) in [6.45, 7) is 3.99. The summed E-state index contributed by atoms with van der Waals surface area (Å²) in [5.41, 5.74) is 1.18. The van der Waals surface area contributed by atoms with Gasteiger partial charge in [-0.05, 0) is 95.4 Å².